The molecule has 5 heteroatoms. The van der Waals surface area contributed by atoms with Gasteiger partial charge in [0.2, 0.25) is 0 Å². The number of likely N-dealkylation sites (tertiary alicyclic amines) is 1. The molecular formula is C15H26N4O. The fourth-order valence-corrected chi connectivity index (χ4v) is 2.59. The molecule has 0 saturated carbocycles. The monoisotopic (exact) mass is 278 g/mol. The van der Waals surface area contributed by atoms with Crippen LogP contribution in [0.3, 0.4) is 0 Å². The van der Waals surface area contributed by atoms with Crippen molar-refractivity contribution in [3.8, 4) is 0 Å². The molecular weight excluding hydrogens is 252 g/mol. The second kappa shape index (κ2) is 5.85. The molecule has 1 aliphatic heterocycles. The number of hydrogen-bond donors (Lipinski definition) is 1. The van der Waals surface area contributed by atoms with E-state index in [1.165, 1.54) is 0 Å². The first-order chi connectivity index (χ1) is 9.35. The van der Waals surface area contributed by atoms with E-state index in [4.69, 9.17) is 0 Å². The zero-order chi connectivity index (χ0) is 14.8. The van der Waals surface area contributed by atoms with Gasteiger partial charge in [-0.05, 0) is 46.5 Å². The first-order valence-electron chi connectivity index (χ1n) is 7.40. The molecule has 1 aromatic heterocycles. The Bertz CT molecular complexity index is 453. The molecule has 2 amide bonds. The van der Waals surface area contributed by atoms with Crippen LogP contribution in [0.4, 0.5) is 4.79 Å². The Kier molecular flexibility index (Phi) is 4.35. The number of carbonyl (C=O) groups is 1. The minimum atomic E-state index is -0.165. The number of rotatable bonds is 2. The highest BCUT2D eigenvalue weighted by Gasteiger charge is 2.25. The van der Waals surface area contributed by atoms with Gasteiger partial charge < -0.3 is 14.8 Å². The molecule has 1 fully saturated rings. The molecule has 0 bridgehead atoms. The number of hydrogen-bond acceptors (Lipinski definition) is 2. The first-order valence-corrected chi connectivity index (χ1v) is 7.40. The molecule has 0 aliphatic carbocycles. The van der Waals surface area contributed by atoms with Crippen molar-refractivity contribution in [2.75, 3.05) is 13.1 Å². The Morgan fingerprint density at radius 1 is 1.40 bits per heavy atom. The van der Waals surface area contributed by atoms with Crippen LogP contribution in [0.2, 0.25) is 0 Å². The van der Waals surface area contributed by atoms with Gasteiger partial charge in [-0.15, -0.1) is 0 Å². The van der Waals surface area contributed by atoms with E-state index in [-0.39, 0.29) is 11.6 Å². The normalized spacial score (nSPS) is 17.3. The molecule has 1 N–H and O–H groups in total. The number of aromatic nitrogens is 2. The Labute approximate surface area is 121 Å². The third-order valence-corrected chi connectivity index (χ3v) is 3.76. The van der Waals surface area contributed by atoms with E-state index in [0.29, 0.717) is 5.92 Å². The number of nitrogens with zero attached hydrogens (tertiary/aromatic N) is 3. The van der Waals surface area contributed by atoms with Gasteiger partial charge in [-0.2, -0.15) is 0 Å². The average molecular weight is 278 g/mol. The van der Waals surface area contributed by atoms with Gasteiger partial charge in [0, 0.05) is 37.6 Å². The maximum atomic E-state index is 12.1. The van der Waals surface area contributed by atoms with E-state index in [1.54, 1.807) is 0 Å². The highest BCUT2D eigenvalue weighted by molar-refractivity contribution is 5.75. The van der Waals surface area contributed by atoms with Crippen molar-refractivity contribution in [2.45, 2.75) is 52.6 Å². The number of nitrogens with one attached hydrogen (secondary N) is 1. The minimum absolute atomic E-state index is 0.0646. The highest BCUT2D eigenvalue weighted by atomic mass is 16.2. The third-order valence-electron chi connectivity index (χ3n) is 3.76. The van der Waals surface area contributed by atoms with Crippen LogP contribution >= 0.6 is 0 Å². The molecule has 1 aliphatic rings. The van der Waals surface area contributed by atoms with Crippen LogP contribution < -0.4 is 5.32 Å². The summed E-state index contributed by atoms with van der Waals surface area (Å²) in [5.74, 6) is 1.71. The van der Waals surface area contributed by atoms with Gasteiger partial charge >= 0.3 is 6.03 Å². The SMILES string of the molecule is Cc1nccn1CC1CCN(C(=O)NC(C)(C)C)CC1. The van der Waals surface area contributed by atoms with Crippen molar-refractivity contribution >= 4 is 6.03 Å². The molecule has 0 spiro atoms. The van der Waals surface area contributed by atoms with Crippen LogP contribution in [0.1, 0.15) is 39.4 Å². The van der Waals surface area contributed by atoms with Crippen LogP contribution in [-0.4, -0.2) is 39.1 Å². The quantitative estimate of drug-likeness (QED) is 0.903. The predicted octanol–water partition coefficient (Wildman–Crippen LogP) is 2.41. The molecule has 2 rings (SSSR count). The lowest BCUT2D eigenvalue weighted by atomic mass is 9.97. The van der Waals surface area contributed by atoms with Gasteiger partial charge in [-0.3, -0.25) is 0 Å². The van der Waals surface area contributed by atoms with Crippen molar-refractivity contribution in [2.24, 2.45) is 5.92 Å². The van der Waals surface area contributed by atoms with Crippen molar-refractivity contribution in [3.63, 3.8) is 0 Å². The summed E-state index contributed by atoms with van der Waals surface area (Å²) in [7, 11) is 0. The maximum absolute atomic E-state index is 12.1. The molecule has 0 aromatic carbocycles. The summed E-state index contributed by atoms with van der Waals surface area (Å²) < 4.78 is 2.20. The lowest BCUT2D eigenvalue weighted by molar-refractivity contribution is 0.158. The van der Waals surface area contributed by atoms with E-state index < -0.39 is 0 Å². The molecule has 1 saturated heterocycles. The number of carbonyl (C=O) groups excluding carboxylic acids is 1. The van der Waals surface area contributed by atoms with Crippen LogP contribution in [0.25, 0.3) is 0 Å². The van der Waals surface area contributed by atoms with Crippen molar-refractivity contribution in [1.29, 1.82) is 0 Å². The summed E-state index contributed by atoms with van der Waals surface area (Å²) >= 11 is 0. The molecule has 20 heavy (non-hydrogen) atoms. The Hall–Kier alpha value is -1.52. The largest absolute Gasteiger partial charge is 0.335 e. The predicted molar refractivity (Wildman–Crippen MR) is 79.5 cm³/mol. The standard InChI is InChI=1S/C15H26N4O/c1-12-16-7-10-19(12)11-13-5-8-18(9-6-13)14(20)17-15(2,3)4/h7,10,13H,5-6,8-9,11H2,1-4H3,(H,17,20). The van der Waals surface area contributed by atoms with Crippen LogP contribution in [0.5, 0.6) is 0 Å². The summed E-state index contributed by atoms with van der Waals surface area (Å²) in [4.78, 5) is 18.3. The molecule has 1 aromatic rings. The maximum Gasteiger partial charge on any atom is 0.317 e. The smallest absolute Gasteiger partial charge is 0.317 e. The van der Waals surface area contributed by atoms with E-state index >= 15 is 0 Å². The van der Waals surface area contributed by atoms with Gasteiger partial charge in [-0.25, -0.2) is 9.78 Å². The fourth-order valence-electron chi connectivity index (χ4n) is 2.59. The van der Waals surface area contributed by atoms with E-state index in [9.17, 15) is 4.79 Å². The minimum Gasteiger partial charge on any atom is -0.335 e. The summed E-state index contributed by atoms with van der Waals surface area (Å²) in [6.07, 6.45) is 6.01. The summed E-state index contributed by atoms with van der Waals surface area (Å²) in [5.41, 5.74) is -0.165. The zero-order valence-corrected chi connectivity index (χ0v) is 13.0. The van der Waals surface area contributed by atoms with E-state index in [1.807, 2.05) is 45.0 Å². The average Bonchev–Trinajstić information content (AvgIpc) is 2.74. The van der Waals surface area contributed by atoms with Gasteiger partial charge in [0.05, 0.1) is 0 Å². The van der Waals surface area contributed by atoms with Gasteiger partial charge in [-0.1, -0.05) is 0 Å². The Morgan fingerprint density at radius 3 is 2.55 bits per heavy atom. The molecule has 112 valence electrons. The van der Waals surface area contributed by atoms with Crippen molar-refractivity contribution in [3.05, 3.63) is 18.2 Å². The summed E-state index contributed by atoms with van der Waals surface area (Å²) in [5, 5.41) is 3.03. The number of imidazole rings is 1. The van der Waals surface area contributed by atoms with E-state index in [0.717, 1.165) is 38.3 Å². The van der Waals surface area contributed by atoms with Crippen molar-refractivity contribution in [1.82, 2.24) is 19.8 Å². The molecule has 5 nitrogen and oxygen atoms in total. The highest BCUT2D eigenvalue weighted by Crippen LogP contribution is 2.20. The lowest BCUT2D eigenvalue weighted by Gasteiger charge is -2.34. The number of piperidine rings is 1. The van der Waals surface area contributed by atoms with Crippen LogP contribution in [0.15, 0.2) is 12.4 Å². The second-order valence-corrected chi connectivity index (χ2v) is 6.74. The Morgan fingerprint density at radius 2 is 2.05 bits per heavy atom. The molecule has 2 heterocycles. The number of amides is 2. The molecule has 0 unspecified atom stereocenters. The van der Waals surface area contributed by atoms with Crippen LogP contribution in [-0.2, 0) is 6.54 Å². The third kappa shape index (κ3) is 3.99. The molecule has 0 atom stereocenters. The fraction of sp³-hybridized carbons (Fsp3) is 0.733. The van der Waals surface area contributed by atoms with Crippen LogP contribution in [0, 0.1) is 12.8 Å². The zero-order valence-electron chi connectivity index (χ0n) is 13.0. The van der Waals surface area contributed by atoms with Crippen molar-refractivity contribution < 1.29 is 4.79 Å². The number of urea groups is 1. The summed E-state index contributed by atoms with van der Waals surface area (Å²) in [6.45, 7) is 10.8. The van der Waals surface area contributed by atoms with Gasteiger partial charge in [0.15, 0.2) is 0 Å². The molecule has 0 radical (unpaired) electrons. The first kappa shape index (κ1) is 14.9. The van der Waals surface area contributed by atoms with Gasteiger partial charge in [0.25, 0.3) is 0 Å². The number of aryl methyl sites for hydroxylation is 1. The Balaban J connectivity index is 1.81. The topological polar surface area (TPSA) is 50.2 Å². The van der Waals surface area contributed by atoms with Gasteiger partial charge in [0.1, 0.15) is 5.82 Å². The summed E-state index contributed by atoms with van der Waals surface area (Å²) in [6, 6.07) is 0.0646. The van der Waals surface area contributed by atoms with E-state index in [2.05, 4.69) is 14.9 Å². The second-order valence-electron chi connectivity index (χ2n) is 6.74. The lowest BCUT2D eigenvalue weighted by Crippen LogP contribution is -2.50.